The molecule has 0 heterocycles. The van der Waals surface area contributed by atoms with Crippen molar-refractivity contribution in [2.45, 2.75) is 37.3 Å². The van der Waals surface area contributed by atoms with Crippen molar-refractivity contribution in [2.75, 3.05) is 14.2 Å². The van der Waals surface area contributed by atoms with Crippen LogP contribution < -0.4 is 5.32 Å². The van der Waals surface area contributed by atoms with Gasteiger partial charge in [-0.05, 0) is 60.8 Å². The molecule has 0 aromatic heterocycles. The molecular weight excluding hydrogens is 316 g/mol. The van der Waals surface area contributed by atoms with E-state index in [1.807, 2.05) is 0 Å². The standard InChI is InChI=1S/C14H18BrF2NO/c1-18-12(14(19-2)6-3-7-14)8-9-11(16)5-4-10(15)13(9)17/h4-5,12,18H,3,6-8H2,1-2H3. The van der Waals surface area contributed by atoms with Gasteiger partial charge in [0, 0.05) is 18.7 Å². The molecule has 0 bridgehead atoms. The molecule has 0 aliphatic heterocycles. The van der Waals surface area contributed by atoms with Crippen LogP contribution in [-0.4, -0.2) is 25.8 Å². The van der Waals surface area contributed by atoms with E-state index in [1.54, 1.807) is 14.2 Å². The van der Waals surface area contributed by atoms with Gasteiger partial charge in [0.15, 0.2) is 0 Å². The van der Waals surface area contributed by atoms with Crippen LogP contribution in [0.15, 0.2) is 16.6 Å². The molecule has 1 aliphatic rings. The third-order valence-electron chi connectivity index (χ3n) is 4.14. The van der Waals surface area contributed by atoms with Crippen LogP contribution in [0.1, 0.15) is 24.8 Å². The van der Waals surface area contributed by atoms with Crippen molar-refractivity contribution in [3.05, 3.63) is 33.8 Å². The summed E-state index contributed by atoms with van der Waals surface area (Å²) in [5.41, 5.74) is -0.187. The monoisotopic (exact) mass is 333 g/mol. The molecule has 2 rings (SSSR count). The minimum atomic E-state index is -0.522. The second-order valence-corrected chi connectivity index (χ2v) is 5.84. The van der Waals surface area contributed by atoms with E-state index >= 15 is 0 Å². The zero-order valence-electron chi connectivity index (χ0n) is 11.1. The van der Waals surface area contributed by atoms with Crippen molar-refractivity contribution in [2.24, 2.45) is 0 Å². The zero-order chi connectivity index (χ0) is 14.0. The van der Waals surface area contributed by atoms with Gasteiger partial charge < -0.3 is 10.1 Å². The summed E-state index contributed by atoms with van der Waals surface area (Å²) in [6.07, 6.45) is 3.22. The van der Waals surface area contributed by atoms with Crippen LogP contribution in [0.4, 0.5) is 8.78 Å². The van der Waals surface area contributed by atoms with Crippen LogP contribution in [0.25, 0.3) is 0 Å². The Bertz CT molecular complexity index is 457. The SMILES string of the molecule is CNC(Cc1c(F)ccc(Br)c1F)C1(OC)CCC1. The Balaban J connectivity index is 2.26. The molecule has 1 fully saturated rings. The molecule has 0 saturated heterocycles. The number of hydrogen-bond donors (Lipinski definition) is 1. The van der Waals surface area contributed by atoms with Crippen LogP contribution in [-0.2, 0) is 11.2 Å². The first kappa shape index (κ1) is 14.9. The average Bonchev–Trinajstić information content (AvgIpc) is 2.36. The summed E-state index contributed by atoms with van der Waals surface area (Å²) in [4.78, 5) is 0. The van der Waals surface area contributed by atoms with E-state index in [0.717, 1.165) is 19.3 Å². The number of halogens is 3. The summed E-state index contributed by atoms with van der Waals surface area (Å²) in [5.74, 6) is -1.03. The van der Waals surface area contributed by atoms with Crippen molar-refractivity contribution < 1.29 is 13.5 Å². The van der Waals surface area contributed by atoms with Gasteiger partial charge in [-0.3, -0.25) is 0 Å². The van der Waals surface area contributed by atoms with E-state index in [-0.39, 0.29) is 23.6 Å². The maximum atomic E-state index is 14.0. The maximum absolute atomic E-state index is 14.0. The predicted octanol–water partition coefficient (Wildman–Crippen LogP) is 3.43. The van der Waals surface area contributed by atoms with E-state index in [0.29, 0.717) is 4.47 Å². The van der Waals surface area contributed by atoms with Crippen molar-refractivity contribution in [1.29, 1.82) is 0 Å². The number of hydrogen-bond acceptors (Lipinski definition) is 2. The number of benzene rings is 1. The molecule has 5 heteroatoms. The highest BCUT2D eigenvalue weighted by Crippen LogP contribution is 2.39. The van der Waals surface area contributed by atoms with Crippen LogP contribution in [0.5, 0.6) is 0 Å². The smallest absolute Gasteiger partial charge is 0.143 e. The van der Waals surface area contributed by atoms with Gasteiger partial charge in [0.25, 0.3) is 0 Å². The van der Waals surface area contributed by atoms with Crippen molar-refractivity contribution >= 4 is 15.9 Å². The molecule has 1 aromatic rings. The zero-order valence-corrected chi connectivity index (χ0v) is 12.7. The highest BCUT2D eigenvalue weighted by atomic mass is 79.9. The van der Waals surface area contributed by atoms with E-state index in [1.165, 1.54) is 12.1 Å². The second-order valence-electron chi connectivity index (χ2n) is 4.99. The molecule has 0 spiro atoms. The normalized spacial score (nSPS) is 19.0. The molecule has 0 radical (unpaired) electrons. The van der Waals surface area contributed by atoms with E-state index in [4.69, 9.17) is 4.74 Å². The molecule has 0 amide bonds. The fourth-order valence-electron chi connectivity index (χ4n) is 2.73. The van der Waals surface area contributed by atoms with Gasteiger partial charge in [-0.25, -0.2) is 8.78 Å². The lowest BCUT2D eigenvalue weighted by atomic mass is 9.72. The minimum absolute atomic E-state index is 0.0930. The second kappa shape index (κ2) is 5.85. The summed E-state index contributed by atoms with van der Waals surface area (Å²) >= 11 is 3.10. The number of nitrogens with one attached hydrogen (secondary N) is 1. The first-order valence-electron chi connectivity index (χ1n) is 6.39. The molecular formula is C14H18BrF2NO. The van der Waals surface area contributed by atoms with Gasteiger partial charge in [0.05, 0.1) is 10.1 Å². The fraction of sp³-hybridized carbons (Fsp3) is 0.571. The third-order valence-corrected chi connectivity index (χ3v) is 4.75. The van der Waals surface area contributed by atoms with Crippen LogP contribution in [0.2, 0.25) is 0 Å². The lowest BCUT2D eigenvalue weighted by Gasteiger charge is -2.46. The Hall–Kier alpha value is -0.520. The van der Waals surface area contributed by atoms with Crippen molar-refractivity contribution in [1.82, 2.24) is 5.32 Å². The molecule has 1 atom stereocenters. The Kier molecular flexibility index (Phi) is 4.58. The Morgan fingerprint density at radius 3 is 2.58 bits per heavy atom. The van der Waals surface area contributed by atoms with E-state index in [9.17, 15) is 8.78 Å². The average molecular weight is 334 g/mol. The third kappa shape index (κ3) is 2.69. The lowest BCUT2D eigenvalue weighted by Crippen LogP contribution is -2.56. The molecule has 19 heavy (non-hydrogen) atoms. The largest absolute Gasteiger partial charge is 0.377 e. The number of rotatable bonds is 5. The highest BCUT2D eigenvalue weighted by molar-refractivity contribution is 9.10. The summed E-state index contributed by atoms with van der Waals surface area (Å²) in [7, 11) is 3.47. The Morgan fingerprint density at radius 2 is 2.11 bits per heavy atom. The first-order valence-corrected chi connectivity index (χ1v) is 7.18. The van der Waals surface area contributed by atoms with Gasteiger partial charge in [0.2, 0.25) is 0 Å². The summed E-state index contributed by atoms with van der Waals surface area (Å²) in [6, 6.07) is 2.58. The summed E-state index contributed by atoms with van der Waals surface area (Å²) in [6.45, 7) is 0. The molecule has 106 valence electrons. The van der Waals surface area contributed by atoms with Crippen molar-refractivity contribution in [3.63, 3.8) is 0 Å². The van der Waals surface area contributed by atoms with Gasteiger partial charge >= 0.3 is 0 Å². The van der Waals surface area contributed by atoms with Gasteiger partial charge in [-0.1, -0.05) is 0 Å². The quantitative estimate of drug-likeness (QED) is 0.833. The van der Waals surface area contributed by atoms with Crippen LogP contribution in [0, 0.1) is 11.6 Å². The lowest BCUT2D eigenvalue weighted by molar-refractivity contribution is -0.0969. The summed E-state index contributed by atoms with van der Waals surface area (Å²) in [5, 5.41) is 3.14. The van der Waals surface area contributed by atoms with Gasteiger partial charge in [0.1, 0.15) is 11.6 Å². The molecule has 1 aliphatic carbocycles. The molecule has 1 saturated carbocycles. The van der Waals surface area contributed by atoms with Crippen molar-refractivity contribution in [3.8, 4) is 0 Å². The number of ether oxygens (including phenoxy) is 1. The van der Waals surface area contributed by atoms with E-state index < -0.39 is 11.6 Å². The fourth-order valence-corrected chi connectivity index (χ4v) is 3.10. The number of likely N-dealkylation sites (N-methyl/N-ethyl adjacent to an activating group) is 1. The van der Waals surface area contributed by atoms with E-state index in [2.05, 4.69) is 21.2 Å². The molecule has 2 nitrogen and oxygen atoms in total. The maximum Gasteiger partial charge on any atom is 0.143 e. The molecule has 1 aromatic carbocycles. The first-order chi connectivity index (χ1) is 9.04. The number of methoxy groups -OCH3 is 1. The van der Waals surface area contributed by atoms with Crippen LogP contribution >= 0.6 is 15.9 Å². The van der Waals surface area contributed by atoms with Crippen LogP contribution in [0.3, 0.4) is 0 Å². The Labute approximate surface area is 120 Å². The predicted molar refractivity (Wildman–Crippen MR) is 74.2 cm³/mol. The van der Waals surface area contributed by atoms with Gasteiger partial charge in [-0.15, -0.1) is 0 Å². The summed E-state index contributed by atoms with van der Waals surface area (Å²) < 4.78 is 33.7. The Morgan fingerprint density at radius 1 is 1.42 bits per heavy atom. The molecule has 1 unspecified atom stereocenters. The molecule has 1 N–H and O–H groups in total. The minimum Gasteiger partial charge on any atom is -0.377 e. The highest BCUT2D eigenvalue weighted by Gasteiger charge is 2.44. The topological polar surface area (TPSA) is 21.3 Å². The van der Waals surface area contributed by atoms with Gasteiger partial charge in [-0.2, -0.15) is 0 Å².